The van der Waals surface area contributed by atoms with Crippen molar-refractivity contribution in [1.82, 2.24) is 0 Å². The Morgan fingerprint density at radius 3 is 3.00 bits per heavy atom. The van der Waals surface area contributed by atoms with Gasteiger partial charge >= 0.3 is 5.97 Å². The second kappa shape index (κ2) is 4.80. The monoisotopic (exact) mass is 192 g/mol. The van der Waals surface area contributed by atoms with Crippen molar-refractivity contribution in [1.29, 1.82) is 0 Å². The van der Waals surface area contributed by atoms with Gasteiger partial charge in [-0.3, -0.25) is 0 Å². The lowest BCUT2D eigenvalue weighted by Crippen LogP contribution is -2.07. The van der Waals surface area contributed by atoms with Crippen LogP contribution in [0.3, 0.4) is 0 Å². The molecule has 0 aliphatic heterocycles. The Bertz CT molecular complexity index is 308. The molecule has 0 unspecified atom stereocenters. The average molecular weight is 192 g/mol. The lowest BCUT2D eigenvalue weighted by atomic mass is 10.1. The molecule has 0 heterocycles. The predicted octanol–water partition coefficient (Wildman–Crippen LogP) is 2.77. The third kappa shape index (κ3) is 2.34. The fourth-order valence-corrected chi connectivity index (χ4v) is 1.59. The normalized spacial score (nSPS) is 15.4. The summed E-state index contributed by atoms with van der Waals surface area (Å²) in [6, 6.07) is 0. The highest BCUT2D eigenvalue weighted by atomic mass is 16.5. The molecule has 0 N–H and O–H groups in total. The maximum atomic E-state index is 11.5. The van der Waals surface area contributed by atoms with Gasteiger partial charge in [0, 0.05) is 12.0 Å². The molecule has 1 rings (SSSR count). The number of hydrogen-bond donors (Lipinski definition) is 0. The summed E-state index contributed by atoms with van der Waals surface area (Å²) in [7, 11) is 0. The standard InChI is InChI=1S/C12H16O2/c1-4-6-10-7-9(3)8-11(10)12(13)14-5-2/h4,7H,1,5-6,8H2,2-3H3. The van der Waals surface area contributed by atoms with Crippen molar-refractivity contribution < 1.29 is 9.53 Å². The third-order valence-electron chi connectivity index (χ3n) is 2.15. The summed E-state index contributed by atoms with van der Waals surface area (Å²) in [6.45, 7) is 7.95. The lowest BCUT2D eigenvalue weighted by molar-refractivity contribution is -0.138. The first-order valence-corrected chi connectivity index (χ1v) is 4.86. The number of hydrogen-bond acceptors (Lipinski definition) is 2. The Balaban J connectivity index is 2.80. The zero-order valence-electron chi connectivity index (χ0n) is 8.80. The molecule has 1 aliphatic rings. The van der Waals surface area contributed by atoms with Gasteiger partial charge in [0.1, 0.15) is 0 Å². The molecule has 0 saturated carbocycles. The molecule has 1 aliphatic carbocycles. The maximum Gasteiger partial charge on any atom is 0.334 e. The first-order valence-electron chi connectivity index (χ1n) is 4.86. The van der Waals surface area contributed by atoms with Crippen molar-refractivity contribution in [3.8, 4) is 0 Å². The van der Waals surface area contributed by atoms with Crippen LogP contribution >= 0.6 is 0 Å². The molecule has 0 radical (unpaired) electrons. The first kappa shape index (κ1) is 10.8. The van der Waals surface area contributed by atoms with Gasteiger partial charge in [0.2, 0.25) is 0 Å². The maximum absolute atomic E-state index is 11.5. The second-order valence-electron chi connectivity index (χ2n) is 3.38. The molecule has 0 aromatic rings. The smallest absolute Gasteiger partial charge is 0.334 e. The van der Waals surface area contributed by atoms with E-state index < -0.39 is 0 Å². The van der Waals surface area contributed by atoms with E-state index in [0.29, 0.717) is 6.61 Å². The molecule has 76 valence electrons. The van der Waals surface area contributed by atoms with Crippen LogP contribution in [-0.4, -0.2) is 12.6 Å². The molecule has 2 heteroatoms. The highest BCUT2D eigenvalue weighted by Gasteiger charge is 2.19. The van der Waals surface area contributed by atoms with Crippen molar-refractivity contribution >= 4 is 5.97 Å². The van der Waals surface area contributed by atoms with E-state index in [1.54, 1.807) is 0 Å². The zero-order chi connectivity index (χ0) is 10.6. The minimum absolute atomic E-state index is 0.183. The summed E-state index contributed by atoms with van der Waals surface area (Å²) in [5, 5.41) is 0. The van der Waals surface area contributed by atoms with Gasteiger partial charge in [0.05, 0.1) is 6.61 Å². The van der Waals surface area contributed by atoms with Gasteiger partial charge in [-0.25, -0.2) is 4.79 Å². The summed E-state index contributed by atoms with van der Waals surface area (Å²) >= 11 is 0. The van der Waals surface area contributed by atoms with Crippen LogP contribution in [0.15, 0.2) is 35.5 Å². The highest BCUT2D eigenvalue weighted by Crippen LogP contribution is 2.28. The van der Waals surface area contributed by atoms with E-state index in [0.717, 1.165) is 24.0 Å². The largest absolute Gasteiger partial charge is 0.463 e. The van der Waals surface area contributed by atoms with E-state index >= 15 is 0 Å². The molecular weight excluding hydrogens is 176 g/mol. The van der Waals surface area contributed by atoms with Crippen LogP contribution in [0.2, 0.25) is 0 Å². The quantitative estimate of drug-likeness (QED) is 0.505. The molecule has 0 amide bonds. The Kier molecular flexibility index (Phi) is 3.69. The van der Waals surface area contributed by atoms with Gasteiger partial charge in [-0.05, 0) is 25.8 Å². The summed E-state index contributed by atoms with van der Waals surface area (Å²) in [5.74, 6) is -0.183. The molecule has 0 aromatic carbocycles. The first-order chi connectivity index (χ1) is 6.69. The minimum atomic E-state index is -0.183. The molecular formula is C12H16O2. The second-order valence-corrected chi connectivity index (χ2v) is 3.38. The molecule has 0 saturated heterocycles. The van der Waals surface area contributed by atoms with Gasteiger partial charge in [0.25, 0.3) is 0 Å². The number of carbonyl (C=O) groups excluding carboxylic acids is 1. The van der Waals surface area contributed by atoms with Gasteiger partial charge in [-0.15, -0.1) is 6.58 Å². The van der Waals surface area contributed by atoms with Crippen molar-refractivity contribution in [3.63, 3.8) is 0 Å². The predicted molar refractivity (Wildman–Crippen MR) is 56.8 cm³/mol. The van der Waals surface area contributed by atoms with E-state index in [9.17, 15) is 4.79 Å². The fraction of sp³-hybridized carbons (Fsp3) is 0.417. The van der Waals surface area contributed by atoms with Crippen LogP contribution in [0, 0.1) is 0 Å². The zero-order valence-corrected chi connectivity index (χ0v) is 8.80. The van der Waals surface area contributed by atoms with Crippen molar-refractivity contribution in [2.45, 2.75) is 26.7 Å². The highest BCUT2D eigenvalue weighted by molar-refractivity contribution is 5.91. The van der Waals surface area contributed by atoms with Gasteiger partial charge in [-0.2, -0.15) is 0 Å². The SMILES string of the molecule is C=CCC1=C(C(=O)OCC)CC(C)=C1. The third-order valence-corrected chi connectivity index (χ3v) is 2.15. The lowest BCUT2D eigenvalue weighted by Gasteiger charge is -2.04. The van der Waals surface area contributed by atoms with Crippen LogP contribution in [-0.2, 0) is 9.53 Å². The van der Waals surface area contributed by atoms with Crippen molar-refractivity contribution in [2.24, 2.45) is 0 Å². The van der Waals surface area contributed by atoms with E-state index in [1.165, 1.54) is 5.57 Å². The number of ether oxygens (including phenoxy) is 1. The van der Waals surface area contributed by atoms with Gasteiger partial charge in [0.15, 0.2) is 0 Å². The van der Waals surface area contributed by atoms with Crippen molar-refractivity contribution in [3.05, 3.63) is 35.5 Å². The molecule has 0 aromatic heterocycles. The van der Waals surface area contributed by atoms with E-state index in [-0.39, 0.29) is 5.97 Å². The number of esters is 1. The number of rotatable bonds is 4. The van der Waals surface area contributed by atoms with Gasteiger partial charge in [-0.1, -0.05) is 17.7 Å². The summed E-state index contributed by atoms with van der Waals surface area (Å²) in [5.41, 5.74) is 3.06. The fourth-order valence-electron chi connectivity index (χ4n) is 1.59. The molecule has 0 bridgehead atoms. The Morgan fingerprint density at radius 2 is 2.43 bits per heavy atom. The van der Waals surface area contributed by atoms with E-state index in [4.69, 9.17) is 4.74 Å². The van der Waals surface area contributed by atoms with Crippen LogP contribution in [0.25, 0.3) is 0 Å². The number of allylic oxidation sites excluding steroid dienone is 4. The van der Waals surface area contributed by atoms with Crippen LogP contribution in [0.5, 0.6) is 0 Å². The van der Waals surface area contributed by atoms with Crippen LogP contribution < -0.4 is 0 Å². The Labute approximate surface area is 85.0 Å². The summed E-state index contributed by atoms with van der Waals surface area (Å²) in [6.07, 6.45) is 5.32. The summed E-state index contributed by atoms with van der Waals surface area (Å²) < 4.78 is 4.99. The number of carbonyl (C=O) groups is 1. The minimum Gasteiger partial charge on any atom is -0.463 e. The van der Waals surface area contributed by atoms with E-state index in [2.05, 4.69) is 6.58 Å². The Morgan fingerprint density at radius 1 is 1.71 bits per heavy atom. The molecule has 0 atom stereocenters. The molecule has 0 spiro atoms. The topological polar surface area (TPSA) is 26.3 Å². The van der Waals surface area contributed by atoms with Crippen LogP contribution in [0.4, 0.5) is 0 Å². The summed E-state index contributed by atoms with van der Waals surface area (Å²) in [4.78, 5) is 11.5. The Hall–Kier alpha value is -1.31. The van der Waals surface area contributed by atoms with Crippen molar-refractivity contribution in [2.75, 3.05) is 6.61 Å². The molecule has 2 nitrogen and oxygen atoms in total. The van der Waals surface area contributed by atoms with Gasteiger partial charge < -0.3 is 4.74 Å². The average Bonchev–Trinajstić information content (AvgIpc) is 2.48. The molecule has 14 heavy (non-hydrogen) atoms. The van der Waals surface area contributed by atoms with E-state index in [1.807, 2.05) is 26.0 Å². The van der Waals surface area contributed by atoms with Crippen LogP contribution in [0.1, 0.15) is 26.7 Å². The molecule has 0 fully saturated rings.